The number of rotatable bonds is 5. The Kier molecular flexibility index (Phi) is 6.57. The highest BCUT2D eigenvalue weighted by Crippen LogP contribution is 2.33. The number of fused-ring (bicyclic) bond motifs is 2. The van der Waals surface area contributed by atoms with Crippen molar-refractivity contribution in [3.05, 3.63) is 29.8 Å². The van der Waals surface area contributed by atoms with Crippen molar-refractivity contribution in [1.29, 1.82) is 0 Å². The number of anilines is 1. The van der Waals surface area contributed by atoms with Crippen molar-refractivity contribution in [2.24, 2.45) is 0 Å². The topological polar surface area (TPSA) is 76.2 Å². The molecule has 3 heterocycles. The molecule has 0 aromatic heterocycles. The van der Waals surface area contributed by atoms with E-state index in [1.165, 1.54) is 0 Å². The number of carbonyl (C=O) groups is 3. The molecule has 0 aliphatic carbocycles. The van der Waals surface area contributed by atoms with Gasteiger partial charge in [0.15, 0.2) is 0 Å². The lowest BCUT2D eigenvalue weighted by Gasteiger charge is -2.36. The Morgan fingerprint density at radius 3 is 2.61 bits per heavy atom. The third-order valence-electron chi connectivity index (χ3n) is 6.77. The maximum Gasteiger partial charge on any atom is 0.256 e. The number of nitrogens with one attached hydrogen (secondary N) is 1. The highest BCUT2D eigenvalue weighted by Gasteiger charge is 2.43. The van der Waals surface area contributed by atoms with Gasteiger partial charge in [-0.1, -0.05) is 12.1 Å². The van der Waals surface area contributed by atoms with Crippen molar-refractivity contribution >= 4 is 23.4 Å². The van der Waals surface area contributed by atoms with Crippen molar-refractivity contribution in [2.75, 3.05) is 57.8 Å². The van der Waals surface area contributed by atoms with E-state index >= 15 is 0 Å². The van der Waals surface area contributed by atoms with Gasteiger partial charge in [0.2, 0.25) is 5.91 Å². The van der Waals surface area contributed by atoms with Crippen molar-refractivity contribution in [2.45, 2.75) is 38.3 Å². The molecule has 3 aliphatic rings. The van der Waals surface area contributed by atoms with Gasteiger partial charge < -0.3 is 15.1 Å². The summed E-state index contributed by atoms with van der Waals surface area (Å²) in [5, 5.41) is 3.01. The summed E-state index contributed by atoms with van der Waals surface area (Å²) in [5.41, 5.74) is 1.03. The van der Waals surface area contributed by atoms with E-state index in [1.807, 2.05) is 12.1 Å². The van der Waals surface area contributed by atoms with Crippen LogP contribution in [0.1, 0.15) is 36.5 Å². The Bertz CT molecular complexity index is 836. The molecule has 8 nitrogen and oxygen atoms in total. The summed E-state index contributed by atoms with van der Waals surface area (Å²) >= 11 is 0. The highest BCUT2D eigenvalue weighted by molar-refractivity contribution is 6.13. The molecule has 2 atom stereocenters. The average molecular weight is 428 g/mol. The predicted octanol–water partition coefficient (Wildman–Crippen LogP) is 0.780. The van der Waals surface area contributed by atoms with Gasteiger partial charge >= 0.3 is 0 Å². The molecule has 2 saturated heterocycles. The third kappa shape index (κ3) is 4.45. The van der Waals surface area contributed by atoms with Gasteiger partial charge in [0.25, 0.3) is 11.8 Å². The van der Waals surface area contributed by atoms with Crippen LogP contribution in [0.4, 0.5) is 5.69 Å². The molecule has 168 valence electrons. The second-order valence-corrected chi connectivity index (χ2v) is 8.85. The Labute approximate surface area is 184 Å². The summed E-state index contributed by atoms with van der Waals surface area (Å²) in [4.78, 5) is 47.6. The number of carbonyl (C=O) groups excluding carboxylic acids is 3. The zero-order chi connectivity index (χ0) is 22.0. The normalized spacial score (nSPS) is 23.7. The first-order chi connectivity index (χ1) is 15.0. The van der Waals surface area contributed by atoms with Crippen LogP contribution in [-0.4, -0.2) is 97.4 Å². The molecule has 2 unspecified atom stereocenters. The number of nitrogens with zero attached hydrogens (tertiary/aromatic N) is 4. The first-order valence-corrected chi connectivity index (χ1v) is 11.4. The number of hydrogen-bond donors (Lipinski definition) is 1. The summed E-state index contributed by atoms with van der Waals surface area (Å²) in [6.07, 6.45) is 2.46. The molecule has 0 bridgehead atoms. The van der Waals surface area contributed by atoms with E-state index in [2.05, 4.69) is 22.2 Å². The molecule has 31 heavy (non-hydrogen) atoms. The average Bonchev–Trinajstić information content (AvgIpc) is 2.88. The third-order valence-corrected chi connectivity index (χ3v) is 6.77. The zero-order valence-corrected chi connectivity index (χ0v) is 18.5. The maximum atomic E-state index is 13.5. The minimum absolute atomic E-state index is 0.112. The molecule has 1 aromatic carbocycles. The fraction of sp³-hybridized carbons (Fsp3) is 0.609. The first kappa shape index (κ1) is 21.8. The Morgan fingerprint density at radius 2 is 1.84 bits per heavy atom. The quantitative estimate of drug-likeness (QED) is 0.752. The van der Waals surface area contributed by atoms with Crippen LogP contribution in [0.5, 0.6) is 0 Å². The van der Waals surface area contributed by atoms with Gasteiger partial charge in [-0.2, -0.15) is 0 Å². The van der Waals surface area contributed by atoms with Crippen molar-refractivity contribution in [3.8, 4) is 0 Å². The molecular weight excluding hydrogens is 394 g/mol. The van der Waals surface area contributed by atoms with Crippen LogP contribution in [0.3, 0.4) is 0 Å². The molecule has 4 rings (SSSR count). The van der Waals surface area contributed by atoms with Gasteiger partial charge in [0, 0.05) is 45.8 Å². The SMILES string of the molecule is CC(C(=O)NCCN1CCN(C)CC1)N1C(=O)C2CCCCN2C(=O)c2ccccc21. The molecular formula is C23H33N5O3. The lowest BCUT2D eigenvalue weighted by molar-refractivity contribution is -0.128. The fourth-order valence-corrected chi connectivity index (χ4v) is 4.80. The first-order valence-electron chi connectivity index (χ1n) is 11.4. The van der Waals surface area contributed by atoms with Crippen LogP contribution in [0.2, 0.25) is 0 Å². The standard InChI is InChI=1S/C23H33N5O3/c1-17(21(29)24-10-12-26-15-13-25(2)14-16-26)28-19-8-4-3-7-18(19)22(30)27-11-6-5-9-20(27)23(28)31/h3-4,7-8,17,20H,5-6,9-16H2,1-2H3,(H,24,29). The summed E-state index contributed by atoms with van der Waals surface area (Å²) in [6.45, 7) is 7.76. The van der Waals surface area contributed by atoms with Crippen LogP contribution in [0.15, 0.2) is 24.3 Å². The minimum Gasteiger partial charge on any atom is -0.353 e. The highest BCUT2D eigenvalue weighted by atomic mass is 16.2. The fourth-order valence-electron chi connectivity index (χ4n) is 4.80. The summed E-state index contributed by atoms with van der Waals surface area (Å²) in [7, 11) is 2.12. The monoisotopic (exact) mass is 427 g/mol. The van der Waals surface area contributed by atoms with Crippen LogP contribution < -0.4 is 10.2 Å². The molecule has 1 aromatic rings. The lowest BCUT2D eigenvalue weighted by atomic mass is 10.0. The number of benzene rings is 1. The number of para-hydroxylation sites is 1. The Morgan fingerprint density at radius 1 is 1.10 bits per heavy atom. The summed E-state index contributed by atoms with van der Waals surface area (Å²) in [6, 6.07) is 5.98. The molecule has 0 saturated carbocycles. The number of amides is 3. The van der Waals surface area contributed by atoms with E-state index < -0.39 is 12.1 Å². The van der Waals surface area contributed by atoms with Gasteiger partial charge in [-0.25, -0.2) is 0 Å². The van der Waals surface area contributed by atoms with E-state index in [0.717, 1.165) is 45.6 Å². The van der Waals surface area contributed by atoms with Crippen molar-refractivity contribution < 1.29 is 14.4 Å². The molecule has 0 spiro atoms. The smallest absolute Gasteiger partial charge is 0.256 e. The number of piperidine rings is 1. The van der Waals surface area contributed by atoms with Gasteiger partial charge in [0.1, 0.15) is 12.1 Å². The molecule has 2 fully saturated rings. The maximum absolute atomic E-state index is 13.5. The van der Waals surface area contributed by atoms with Gasteiger partial charge in [-0.15, -0.1) is 0 Å². The van der Waals surface area contributed by atoms with Crippen LogP contribution >= 0.6 is 0 Å². The van der Waals surface area contributed by atoms with E-state index in [1.54, 1.807) is 28.9 Å². The number of piperazine rings is 1. The van der Waals surface area contributed by atoms with Gasteiger partial charge in [-0.3, -0.25) is 24.2 Å². The largest absolute Gasteiger partial charge is 0.353 e. The van der Waals surface area contributed by atoms with E-state index in [-0.39, 0.29) is 17.7 Å². The van der Waals surface area contributed by atoms with Crippen molar-refractivity contribution in [3.63, 3.8) is 0 Å². The second-order valence-electron chi connectivity index (χ2n) is 8.85. The molecule has 1 N–H and O–H groups in total. The van der Waals surface area contributed by atoms with Crippen molar-refractivity contribution in [1.82, 2.24) is 20.0 Å². The minimum atomic E-state index is -0.684. The van der Waals surface area contributed by atoms with Crippen LogP contribution in [0, 0.1) is 0 Å². The van der Waals surface area contributed by atoms with E-state index in [4.69, 9.17) is 0 Å². The van der Waals surface area contributed by atoms with E-state index in [0.29, 0.717) is 30.8 Å². The predicted molar refractivity (Wildman–Crippen MR) is 119 cm³/mol. The molecule has 3 aliphatic heterocycles. The number of likely N-dealkylation sites (N-methyl/N-ethyl adjacent to an activating group) is 1. The van der Waals surface area contributed by atoms with Gasteiger partial charge in [-0.05, 0) is 45.4 Å². The lowest BCUT2D eigenvalue weighted by Crippen LogP contribution is -2.56. The molecule has 3 amide bonds. The second kappa shape index (κ2) is 9.36. The Balaban J connectivity index is 1.48. The van der Waals surface area contributed by atoms with E-state index in [9.17, 15) is 14.4 Å². The van der Waals surface area contributed by atoms with Crippen LogP contribution in [-0.2, 0) is 9.59 Å². The zero-order valence-electron chi connectivity index (χ0n) is 18.5. The van der Waals surface area contributed by atoms with Crippen LogP contribution in [0.25, 0.3) is 0 Å². The Hall–Kier alpha value is -2.45. The number of hydrogen-bond acceptors (Lipinski definition) is 5. The molecule has 0 radical (unpaired) electrons. The summed E-state index contributed by atoms with van der Waals surface area (Å²) < 4.78 is 0. The van der Waals surface area contributed by atoms with Gasteiger partial charge in [0.05, 0.1) is 11.3 Å². The molecule has 8 heteroatoms. The summed E-state index contributed by atoms with van der Waals surface area (Å²) in [5.74, 6) is -0.451.